The molecule has 0 N–H and O–H groups in total. The fourth-order valence-corrected chi connectivity index (χ4v) is 2.28. The van der Waals surface area contributed by atoms with E-state index in [1.54, 1.807) is 0 Å². The minimum Gasteiger partial charge on any atom is -0.378 e. The monoisotopic (exact) mass is 227 g/mol. The van der Waals surface area contributed by atoms with Crippen molar-refractivity contribution in [3.63, 3.8) is 0 Å². The molecule has 0 unspecified atom stereocenters. The standard InChI is InChI=1S/C13H25NO2/c1-3-14(4-2)13(15)10-11-16-12-8-6-5-7-9-12/h12H,3-11H2,1-2H3. The van der Waals surface area contributed by atoms with Gasteiger partial charge in [-0.05, 0) is 26.7 Å². The molecule has 1 aliphatic rings. The molecule has 1 amide bonds. The zero-order valence-corrected chi connectivity index (χ0v) is 10.7. The molecule has 3 nitrogen and oxygen atoms in total. The molecule has 0 aromatic carbocycles. The Bertz CT molecular complexity index is 196. The van der Waals surface area contributed by atoms with Crippen LogP contribution in [-0.2, 0) is 9.53 Å². The SMILES string of the molecule is CCN(CC)C(=O)CCOC1CCCCC1. The Kier molecular flexibility index (Phi) is 6.46. The second-order valence-electron chi connectivity index (χ2n) is 4.45. The Morgan fingerprint density at radius 2 is 1.81 bits per heavy atom. The summed E-state index contributed by atoms with van der Waals surface area (Å²) in [6.45, 7) is 6.24. The van der Waals surface area contributed by atoms with E-state index in [1.807, 2.05) is 18.7 Å². The molecule has 1 aliphatic carbocycles. The summed E-state index contributed by atoms with van der Waals surface area (Å²) in [7, 11) is 0. The van der Waals surface area contributed by atoms with Crippen LogP contribution in [0.15, 0.2) is 0 Å². The molecule has 0 atom stereocenters. The van der Waals surface area contributed by atoms with Gasteiger partial charge in [-0.1, -0.05) is 19.3 Å². The van der Waals surface area contributed by atoms with Crippen LogP contribution in [0, 0.1) is 0 Å². The van der Waals surface area contributed by atoms with Gasteiger partial charge in [0.15, 0.2) is 0 Å². The molecular weight excluding hydrogens is 202 g/mol. The van der Waals surface area contributed by atoms with Crippen LogP contribution in [0.5, 0.6) is 0 Å². The topological polar surface area (TPSA) is 29.5 Å². The predicted molar refractivity (Wildman–Crippen MR) is 65.4 cm³/mol. The van der Waals surface area contributed by atoms with Gasteiger partial charge in [-0.15, -0.1) is 0 Å². The molecule has 0 saturated heterocycles. The van der Waals surface area contributed by atoms with Crippen LogP contribution in [0.25, 0.3) is 0 Å². The average molecular weight is 227 g/mol. The van der Waals surface area contributed by atoms with Gasteiger partial charge in [0.2, 0.25) is 5.91 Å². The lowest BCUT2D eigenvalue weighted by Gasteiger charge is -2.23. The van der Waals surface area contributed by atoms with E-state index < -0.39 is 0 Å². The van der Waals surface area contributed by atoms with Gasteiger partial charge in [-0.25, -0.2) is 0 Å². The Morgan fingerprint density at radius 1 is 1.19 bits per heavy atom. The van der Waals surface area contributed by atoms with Gasteiger partial charge < -0.3 is 9.64 Å². The largest absolute Gasteiger partial charge is 0.378 e. The molecule has 1 rings (SSSR count). The third-order valence-corrected chi connectivity index (χ3v) is 3.34. The molecule has 16 heavy (non-hydrogen) atoms. The minimum atomic E-state index is 0.223. The number of hydrogen-bond acceptors (Lipinski definition) is 2. The van der Waals surface area contributed by atoms with Crippen molar-refractivity contribution >= 4 is 5.91 Å². The highest BCUT2D eigenvalue weighted by molar-refractivity contribution is 5.76. The van der Waals surface area contributed by atoms with E-state index in [1.165, 1.54) is 32.1 Å². The number of carbonyl (C=O) groups is 1. The maximum absolute atomic E-state index is 11.7. The second kappa shape index (κ2) is 7.66. The summed E-state index contributed by atoms with van der Waals surface area (Å²) < 4.78 is 5.75. The van der Waals surface area contributed by atoms with Gasteiger partial charge in [-0.2, -0.15) is 0 Å². The van der Waals surface area contributed by atoms with E-state index >= 15 is 0 Å². The third kappa shape index (κ3) is 4.52. The highest BCUT2D eigenvalue weighted by atomic mass is 16.5. The van der Waals surface area contributed by atoms with Gasteiger partial charge in [0.05, 0.1) is 19.1 Å². The number of amides is 1. The summed E-state index contributed by atoms with van der Waals surface area (Å²) in [6.07, 6.45) is 7.23. The van der Waals surface area contributed by atoms with E-state index in [0.717, 1.165) is 13.1 Å². The maximum atomic E-state index is 11.7. The van der Waals surface area contributed by atoms with Crippen molar-refractivity contribution in [3.8, 4) is 0 Å². The van der Waals surface area contributed by atoms with E-state index in [0.29, 0.717) is 19.1 Å². The Labute approximate surface area is 99.1 Å². The first-order valence-corrected chi connectivity index (χ1v) is 6.67. The number of ether oxygens (including phenoxy) is 1. The van der Waals surface area contributed by atoms with Gasteiger partial charge in [-0.3, -0.25) is 4.79 Å². The first-order valence-electron chi connectivity index (χ1n) is 6.67. The smallest absolute Gasteiger partial charge is 0.224 e. The Balaban J connectivity index is 2.11. The van der Waals surface area contributed by atoms with E-state index in [9.17, 15) is 4.79 Å². The summed E-state index contributed by atoms with van der Waals surface area (Å²) >= 11 is 0. The molecule has 1 fully saturated rings. The summed E-state index contributed by atoms with van der Waals surface area (Å²) in [6, 6.07) is 0. The molecule has 0 aromatic rings. The van der Waals surface area contributed by atoms with Crippen molar-refractivity contribution in [2.45, 2.75) is 58.5 Å². The number of nitrogens with zero attached hydrogens (tertiary/aromatic N) is 1. The molecule has 0 heterocycles. The Hall–Kier alpha value is -0.570. The van der Waals surface area contributed by atoms with Crippen molar-refractivity contribution in [1.29, 1.82) is 0 Å². The van der Waals surface area contributed by atoms with Crippen LogP contribution in [-0.4, -0.2) is 36.6 Å². The predicted octanol–water partition coefficient (Wildman–Crippen LogP) is 2.59. The van der Waals surface area contributed by atoms with Crippen molar-refractivity contribution in [1.82, 2.24) is 4.90 Å². The van der Waals surface area contributed by atoms with Crippen LogP contribution in [0.2, 0.25) is 0 Å². The molecule has 0 aliphatic heterocycles. The van der Waals surface area contributed by atoms with E-state index in [4.69, 9.17) is 4.74 Å². The zero-order chi connectivity index (χ0) is 11.8. The van der Waals surface area contributed by atoms with Crippen LogP contribution in [0.4, 0.5) is 0 Å². The highest BCUT2D eigenvalue weighted by Crippen LogP contribution is 2.20. The van der Waals surface area contributed by atoms with Crippen molar-refractivity contribution < 1.29 is 9.53 Å². The minimum absolute atomic E-state index is 0.223. The zero-order valence-electron chi connectivity index (χ0n) is 10.7. The van der Waals surface area contributed by atoms with Gasteiger partial charge >= 0.3 is 0 Å². The first-order chi connectivity index (χ1) is 7.77. The van der Waals surface area contributed by atoms with E-state index in [-0.39, 0.29) is 5.91 Å². The quantitative estimate of drug-likeness (QED) is 0.698. The van der Waals surface area contributed by atoms with Crippen LogP contribution >= 0.6 is 0 Å². The fraction of sp³-hybridized carbons (Fsp3) is 0.923. The molecular formula is C13H25NO2. The normalized spacial score (nSPS) is 17.4. The van der Waals surface area contributed by atoms with Crippen molar-refractivity contribution in [3.05, 3.63) is 0 Å². The Morgan fingerprint density at radius 3 is 2.38 bits per heavy atom. The summed E-state index contributed by atoms with van der Waals surface area (Å²) in [5.74, 6) is 0.223. The molecule has 0 spiro atoms. The lowest BCUT2D eigenvalue weighted by molar-refractivity contribution is -0.132. The fourth-order valence-electron chi connectivity index (χ4n) is 2.28. The lowest BCUT2D eigenvalue weighted by Crippen LogP contribution is -2.31. The molecule has 0 radical (unpaired) electrons. The third-order valence-electron chi connectivity index (χ3n) is 3.34. The summed E-state index contributed by atoms with van der Waals surface area (Å²) in [5, 5.41) is 0. The summed E-state index contributed by atoms with van der Waals surface area (Å²) in [5.41, 5.74) is 0. The van der Waals surface area contributed by atoms with Crippen molar-refractivity contribution in [2.75, 3.05) is 19.7 Å². The highest BCUT2D eigenvalue weighted by Gasteiger charge is 2.15. The molecule has 94 valence electrons. The maximum Gasteiger partial charge on any atom is 0.224 e. The summed E-state index contributed by atoms with van der Waals surface area (Å²) in [4.78, 5) is 13.6. The first kappa shape index (κ1) is 13.5. The molecule has 3 heteroatoms. The van der Waals surface area contributed by atoms with Gasteiger partial charge in [0.25, 0.3) is 0 Å². The average Bonchev–Trinajstić information content (AvgIpc) is 2.32. The van der Waals surface area contributed by atoms with Gasteiger partial charge in [0.1, 0.15) is 0 Å². The van der Waals surface area contributed by atoms with Crippen LogP contribution < -0.4 is 0 Å². The lowest BCUT2D eigenvalue weighted by atomic mass is 9.98. The second-order valence-corrected chi connectivity index (χ2v) is 4.45. The molecule has 0 aromatic heterocycles. The van der Waals surface area contributed by atoms with Crippen LogP contribution in [0.3, 0.4) is 0 Å². The molecule has 1 saturated carbocycles. The molecule has 0 bridgehead atoms. The van der Waals surface area contributed by atoms with Crippen LogP contribution in [0.1, 0.15) is 52.4 Å². The number of hydrogen-bond donors (Lipinski definition) is 0. The van der Waals surface area contributed by atoms with Gasteiger partial charge in [0, 0.05) is 13.1 Å². The number of carbonyl (C=O) groups excluding carboxylic acids is 1. The number of rotatable bonds is 6. The van der Waals surface area contributed by atoms with Crippen molar-refractivity contribution in [2.24, 2.45) is 0 Å². The van der Waals surface area contributed by atoms with E-state index in [2.05, 4.69) is 0 Å².